The van der Waals surface area contributed by atoms with Crippen LogP contribution >= 0.6 is 11.6 Å². The summed E-state index contributed by atoms with van der Waals surface area (Å²) in [7, 11) is 0. The van der Waals surface area contributed by atoms with Gasteiger partial charge in [0.2, 0.25) is 5.91 Å². The Bertz CT molecular complexity index is 1160. The zero-order chi connectivity index (χ0) is 26.1. The second-order valence-electron chi connectivity index (χ2n) is 9.44. The van der Waals surface area contributed by atoms with Gasteiger partial charge in [0, 0.05) is 24.5 Å². The normalized spacial score (nSPS) is 11.7. The molecule has 190 valence electrons. The van der Waals surface area contributed by atoms with E-state index in [0.717, 1.165) is 22.3 Å². The molecular formula is C30H35ClN2O3. The highest BCUT2D eigenvalue weighted by Gasteiger charge is 2.31. The number of aryl methyl sites for hydroxylation is 1. The van der Waals surface area contributed by atoms with E-state index in [-0.39, 0.29) is 30.9 Å². The number of ether oxygens (including phenoxy) is 1. The molecule has 3 aromatic carbocycles. The van der Waals surface area contributed by atoms with Crippen molar-refractivity contribution in [1.82, 2.24) is 10.2 Å². The Labute approximate surface area is 219 Å². The maximum Gasteiger partial charge on any atom is 0.261 e. The standard InChI is InChI=1S/C30H35ClN2O3/c1-21(2)18-32-30(35)27(17-24-12-6-5-7-13-24)33(19-25-14-8-9-15-26(25)31)29(34)20-36-28-16-10-11-22(3)23(28)4/h5-16,21,27H,17-20H2,1-4H3,(H,32,35)/t27-/m1/s1. The number of amides is 2. The van der Waals surface area contributed by atoms with E-state index in [9.17, 15) is 9.59 Å². The number of carbonyl (C=O) groups is 2. The van der Waals surface area contributed by atoms with Crippen molar-refractivity contribution in [3.8, 4) is 5.75 Å². The largest absolute Gasteiger partial charge is 0.483 e. The third kappa shape index (κ3) is 7.59. The summed E-state index contributed by atoms with van der Waals surface area (Å²) >= 11 is 6.46. The van der Waals surface area contributed by atoms with Crippen LogP contribution in [0.4, 0.5) is 0 Å². The minimum absolute atomic E-state index is 0.183. The topological polar surface area (TPSA) is 58.6 Å². The monoisotopic (exact) mass is 506 g/mol. The number of carbonyl (C=O) groups excluding carboxylic acids is 2. The molecular weight excluding hydrogens is 472 g/mol. The Morgan fingerprint density at radius 3 is 2.33 bits per heavy atom. The fourth-order valence-electron chi connectivity index (χ4n) is 3.89. The number of rotatable bonds is 11. The predicted molar refractivity (Wildman–Crippen MR) is 145 cm³/mol. The van der Waals surface area contributed by atoms with Crippen LogP contribution < -0.4 is 10.1 Å². The predicted octanol–water partition coefficient (Wildman–Crippen LogP) is 5.75. The summed E-state index contributed by atoms with van der Waals surface area (Å²) in [5, 5.41) is 3.57. The van der Waals surface area contributed by atoms with E-state index < -0.39 is 6.04 Å². The molecule has 0 unspecified atom stereocenters. The zero-order valence-corrected chi connectivity index (χ0v) is 22.2. The van der Waals surface area contributed by atoms with Gasteiger partial charge in [-0.2, -0.15) is 0 Å². The van der Waals surface area contributed by atoms with Gasteiger partial charge in [-0.15, -0.1) is 0 Å². The molecule has 0 aliphatic carbocycles. The van der Waals surface area contributed by atoms with Crippen molar-refractivity contribution < 1.29 is 14.3 Å². The summed E-state index contributed by atoms with van der Waals surface area (Å²) in [5.41, 5.74) is 3.81. The van der Waals surface area contributed by atoms with E-state index >= 15 is 0 Å². The van der Waals surface area contributed by atoms with E-state index in [1.54, 1.807) is 11.0 Å². The molecule has 0 bridgehead atoms. The Hall–Kier alpha value is -3.31. The first-order valence-corrected chi connectivity index (χ1v) is 12.7. The number of nitrogens with one attached hydrogen (secondary N) is 1. The number of halogens is 1. The molecule has 0 aliphatic rings. The van der Waals surface area contributed by atoms with Crippen LogP contribution in [0.5, 0.6) is 5.75 Å². The summed E-state index contributed by atoms with van der Waals surface area (Å²) in [6.45, 7) is 8.58. The van der Waals surface area contributed by atoms with E-state index in [2.05, 4.69) is 5.32 Å². The quantitative estimate of drug-likeness (QED) is 0.360. The molecule has 1 atom stereocenters. The van der Waals surface area contributed by atoms with Gasteiger partial charge in [0.25, 0.3) is 5.91 Å². The SMILES string of the molecule is Cc1cccc(OCC(=O)N(Cc2ccccc2Cl)[C@H](Cc2ccccc2)C(=O)NCC(C)C)c1C. The Morgan fingerprint density at radius 2 is 1.64 bits per heavy atom. The maximum atomic E-state index is 13.7. The molecule has 0 saturated heterocycles. The number of nitrogens with zero attached hydrogens (tertiary/aromatic N) is 1. The van der Waals surface area contributed by atoms with Crippen molar-refractivity contribution in [2.75, 3.05) is 13.2 Å². The van der Waals surface area contributed by atoms with Gasteiger partial charge in [-0.05, 0) is 54.2 Å². The lowest BCUT2D eigenvalue weighted by molar-refractivity contribution is -0.142. The lowest BCUT2D eigenvalue weighted by Gasteiger charge is -2.32. The van der Waals surface area contributed by atoms with E-state index in [1.807, 2.05) is 94.4 Å². The molecule has 0 heterocycles. The Morgan fingerprint density at radius 1 is 0.944 bits per heavy atom. The molecule has 1 N–H and O–H groups in total. The summed E-state index contributed by atoms with van der Waals surface area (Å²) < 4.78 is 5.95. The maximum absolute atomic E-state index is 13.7. The van der Waals surface area contributed by atoms with E-state index in [1.165, 1.54) is 0 Å². The highest BCUT2D eigenvalue weighted by molar-refractivity contribution is 6.31. The minimum atomic E-state index is -0.725. The Kier molecular flexibility index (Phi) is 9.95. The minimum Gasteiger partial charge on any atom is -0.483 e. The van der Waals surface area contributed by atoms with Gasteiger partial charge in [-0.1, -0.05) is 86.1 Å². The smallest absolute Gasteiger partial charge is 0.261 e. The van der Waals surface area contributed by atoms with Gasteiger partial charge in [-0.3, -0.25) is 9.59 Å². The molecule has 3 aromatic rings. The van der Waals surface area contributed by atoms with Crippen LogP contribution in [0.3, 0.4) is 0 Å². The third-order valence-electron chi connectivity index (χ3n) is 6.16. The fourth-order valence-corrected chi connectivity index (χ4v) is 4.09. The number of hydrogen-bond acceptors (Lipinski definition) is 3. The average molecular weight is 507 g/mol. The average Bonchev–Trinajstić information content (AvgIpc) is 2.87. The lowest BCUT2D eigenvalue weighted by atomic mass is 10.0. The number of benzene rings is 3. The van der Waals surface area contributed by atoms with Crippen LogP contribution in [0.25, 0.3) is 0 Å². The first kappa shape index (κ1) is 27.3. The molecule has 0 aliphatic heterocycles. The van der Waals surface area contributed by atoms with Gasteiger partial charge in [-0.25, -0.2) is 0 Å². The van der Waals surface area contributed by atoms with Crippen molar-refractivity contribution in [3.05, 3.63) is 100 Å². The van der Waals surface area contributed by atoms with Crippen molar-refractivity contribution in [2.24, 2.45) is 5.92 Å². The van der Waals surface area contributed by atoms with Gasteiger partial charge in [0.05, 0.1) is 0 Å². The van der Waals surface area contributed by atoms with Crippen LogP contribution in [-0.4, -0.2) is 35.9 Å². The van der Waals surface area contributed by atoms with Gasteiger partial charge < -0.3 is 15.0 Å². The van der Waals surface area contributed by atoms with E-state index in [4.69, 9.17) is 16.3 Å². The molecule has 0 fully saturated rings. The van der Waals surface area contributed by atoms with Crippen LogP contribution in [0.15, 0.2) is 72.8 Å². The molecule has 6 heteroatoms. The van der Waals surface area contributed by atoms with Gasteiger partial charge >= 0.3 is 0 Å². The van der Waals surface area contributed by atoms with E-state index in [0.29, 0.717) is 23.7 Å². The summed E-state index contributed by atoms with van der Waals surface area (Å²) in [4.78, 5) is 28.7. The van der Waals surface area contributed by atoms with Crippen molar-refractivity contribution in [3.63, 3.8) is 0 Å². The van der Waals surface area contributed by atoms with Crippen molar-refractivity contribution >= 4 is 23.4 Å². The van der Waals surface area contributed by atoms with Crippen molar-refractivity contribution in [1.29, 1.82) is 0 Å². The summed E-state index contributed by atoms with van der Waals surface area (Å²) in [6.07, 6.45) is 0.379. The van der Waals surface area contributed by atoms with Crippen LogP contribution in [0.1, 0.15) is 36.1 Å². The summed E-state index contributed by atoms with van der Waals surface area (Å²) in [6, 6.07) is 22.1. The Balaban J connectivity index is 1.93. The second-order valence-corrected chi connectivity index (χ2v) is 9.85. The molecule has 5 nitrogen and oxygen atoms in total. The van der Waals surface area contributed by atoms with Crippen LogP contribution in [0.2, 0.25) is 5.02 Å². The molecule has 0 saturated carbocycles. The summed E-state index contributed by atoms with van der Waals surface area (Å²) in [5.74, 6) is 0.465. The van der Waals surface area contributed by atoms with Crippen molar-refractivity contribution in [2.45, 2.75) is 46.7 Å². The molecule has 0 aromatic heterocycles. The molecule has 3 rings (SSSR count). The zero-order valence-electron chi connectivity index (χ0n) is 21.5. The van der Waals surface area contributed by atoms with Gasteiger partial charge in [0.15, 0.2) is 6.61 Å². The van der Waals surface area contributed by atoms with Crippen LogP contribution in [-0.2, 0) is 22.6 Å². The highest BCUT2D eigenvalue weighted by atomic mass is 35.5. The second kappa shape index (κ2) is 13.1. The fraction of sp³-hybridized carbons (Fsp3) is 0.333. The highest BCUT2D eigenvalue weighted by Crippen LogP contribution is 2.23. The third-order valence-corrected chi connectivity index (χ3v) is 6.53. The first-order chi connectivity index (χ1) is 17.3. The molecule has 0 spiro atoms. The molecule has 2 amide bonds. The van der Waals surface area contributed by atoms with Crippen LogP contribution in [0, 0.1) is 19.8 Å². The lowest BCUT2D eigenvalue weighted by Crippen LogP contribution is -2.52. The van der Waals surface area contributed by atoms with Gasteiger partial charge in [0.1, 0.15) is 11.8 Å². The molecule has 0 radical (unpaired) electrons. The molecule has 36 heavy (non-hydrogen) atoms. The first-order valence-electron chi connectivity index (χ1n) is 12.3. The number of hydrogen-bond donors (Lipinski definition) is 1.